The lowest BCUT2D eigenvalue weighted by molar-refractivity contribution is -0.142. The van der Waals surface area contributed by atoms with Crippen LogP contribution < -0.4 is 15.4 Å². The molecule has 2 aromatic rings. The van der Waals surface area contributed by atoms with Gasteiger partial charge in [0.15, 0.2) is 0 Å². The average Bonchev–Trinajstić information content (AvgIpc) is 2.58. The Morgan fingerprint density at radius 3 is 2.29 bits per heavy atom. The van der Waals surface area contributed by atoms with Crippen LogP contribution in [0.4, 0.5) is 10.5 Å². The number of aliphatic carboxylic acids is 1. The molecule has 0 fully saturated rings. The maximum Gasteiger partial charge on any atom is 0.319 e. The topological polar surface area (TPSA) is 92.9 Å². The Labute approximate surface area is 140 Å². The highest BCUT2D eigenvalue weighted by Crippen LogP contribution is 2.21. The molecule has 0 saturated heterocycles. The van der Waals surface area contributed by atoms with E-state index in [1.807, 2.05) is 30.3 Å². The number of anilines is 1. The van der Waals surface area contributed by atoms with E-state index >= 15 is 0 Å². The summed E-state index contributed by atoms with van der Waals surface area (Å²) in [6.45, 7) is 2.02. The van der Waals surface area contributed by atoms with Crippen LogP contribution in [0.25, 0.3) is 0 Å². The molecule has 0 aromatic heterocycles. The first kappa shape index (κ1) is 17.3. The molecule has 0 spiro atoms. The van der Waals surface area contributed by atoms with Crippen molar-refractivity contribution in [1.29, 1.82) is 0 Å². The highest BCUT2D eigenvalue weighted by atomic mass is 16.5. The van der Waals surface area contributed by atoms with Crippen molar-refractivity contribution in [3.63, 3.8) is 0 Å². The summed E-state index contributed by atoms with van der Waals surface area (Å²) in [5.41, 5.74) is 7.09. The number of carbonyl (C=O) groups excluding carboxylic acids is 1. The van der Waals surface area contributed by atoms with Gasteiger partial charge in [0.1, 0.15) is 12.4 Å². The summed E-state index contributed by atoms with van der Waals surface area (Å²) in [6.07, 6.45) is 0. The molecule has 0 bridgehead atoms. The molecule has 2 amide bonds. The molecule has 0 radical (unpaired) electrons. The molecule has 3 N–H and O–H groups in total. The largest absolute Gasteiger partial charge is 0.493 e. The Morgan fingerprint density at radius 1 is 1.12 bits per heavy atom. The molecule has 2 aromatic carbocycles. The van der Waals surface area contributed by atoms with Gasteiger partial charge in [-0.2, -0.15) is 0 Å². The van der Waals surface area contributed by atoms with Crippen molar-refractivity contribution in [1.82, 2.24) is 0 Å². The van der Waals surface area contributed by atoms with Gasteiger partial charge in [0.05, 0.1) is 12.5 Å². The third-order valence-corrected chi connectivity index (χ3v) is 3.52. The number of rotatable bonds is 7. The lowest BCUT2D eigenvalue weighted by Gasteiger charge is -2.21. The number of amides is 2. The number of nitrogens with two attached hydrogens (primary N) is 1. The molecule has 0 aliphatic carbocycles. The molecule has 0 saturated carbocycles. The first-order valence-electron chi connectivity index (χ1n) is 7.54. The standard InChI is InChI=1S/C18H20N2O4/c1-13(17(21)22)12-24-16-9-7-15(8-10-16)20(18(19)23)11-14-5-3-2-4-6-14/h2-10,13H,11-12H2,1H3,(H2,19,23)(H,21,22). The number of hydrogen-bond acceptors (Lipinski definition) is 3. The second-order valence-electron chi connectivity index (χ2n) is 5.45. The van der Waals surface area contributed by atoms with E-state index in [1.54, 1.807) is 31.2 Å². The van der Waals surface area contributed by atoms with Gasteiger partial charge in [0.2, 0.25) is 0 Å². The monoisotopic (exact) mass is 328 g/mol. The van der Waals surface area contributed by atoms with Gasteiger partial charge >= 0.3 is 12.0 Å². The minimum absolute atomic E-state index is 0.0816. The maximum absolute atomic E-state index is 11.7. The van der Waals surface area contributed by atoms with Crippen molar-refractivity contribution in [3.05, 3.63) is 60.2 Å². The van der Waals surface area contributed by atoms with E-state index in [4.69, 9.17) is 15.6 Å². The summed E-state index contributed by atoms with van der Waals surface area (Å²) in [7, 11) is 0. The van der Waals surface area contributed by atoms with Gasteiger partial charge in [0.25, 0.3) is 0 Å². The minimum atomic E-state index is -0.908. The molecule has 6 heteroatoms. The third-order valence-electron chi connectivity index (χ3n) is 3.52. The van der Waals surface area contributed by atoms with E-state index in [9.17, 15) is 9.59 Å². The van der Waals surface area contributed by atoms with E-state index in [0.29, 0.717) is 18.0 Å². The molecule has 0 aliphatic heterocycles. The Balaban J connectivity index is 2.06. The lowest BCUT2D eigenvalue weighted by Crippen LogP contribution is -2.35. The zero-order valence-electron chi connectivity index (χ0n) is 13.4. The lowest BCUT2D eigenvalue weighted by atomic mass is 10.2. The van der Waals surface area contributed by atoms with Crippen LogP contribution in [0.5, 0.6) is 5.75 Å². The van der Waals surface area contributed by atoms with E-state index in [-0.39, 0.29) is 6.61 Å². The van der Waals surface area contributed by atoms with Crippen LogP contribution in [0.15, 0.2) is 54.6 Å². The number of carbonyl (C=O) groups is 2. The normalized spacial score (nSPS) is 11.5. The molecule has 126 valence electrons. The predicted molar refractivity (Wildman–Crippen MR) is 90.9 cm³/mol. The van der Waals surface area contributed by atoms with Gasteiger partial charge in [-0.25, -0.2) is 4.79 Å². The van der Waals surface area contributed by atoms with E-state index in [2.05, 4.69) is 0 Å². The summed E-state index contributed by atoms with van der Waals surface area (Å²) < 4.78 is 5.43. The molecule has 2 rings (SSSR count). The van der Waals surface area contributed by atoms with E-state index in [1.165, 1.54) is 4.90 Å². The van der Waals surface area contributed by atoms with Gasteiger partial charge in [-0.05, 0) is 36.8 Å². The number of carboxylic acids is 1. The molecule has 1 unspecified atom stereocenters. The van der Waals surface area contributed by atoms with Crippen LogP contribution in [-0.4, -0.2) is 23.7 Å². The molecule has 1 atom stereocenters. The molecule has 24 heavy (non-hydrogen) atoms. The van der Waals surface area contributed by atoms with Crippen molar-refractivity contribution in [3.8, 4) is 5.75 Å². The highest BCUT2D eigenvalue weighted by Gasteiger charge is 2.14. The van der Waals surface area contributed by atoms with Crippen molar-refractivity contribution in [2.75, 3.05) is 11.5 Å². The number of urea groups is 1. The third kappa shape index (κ3) is 4.74. The SMILES string of the molecule is CC(COc1ccc(N(Cc2ccccc2)C(N)=O)cc1)C(=O)O. The van der Waals surface area contributed by atoms with Crippen molar-refractivity contribution >= 4 is 17.7 Å². The predicted octanol–water partition coefficient (Wildman–Crippen LogP) is 2.87. The number of hydrogen-bond donors (Lipinski definition) is 2. The number of primary amides is 1. The summed E-state index contributed by atoms with van der Waals surface area (Å²) in [5, 5.41) is 8.84. The number of benzene rings is 2. The summed E-state index contributed by atoms with van der Waals surface area (Å²) >= 11 is 0. The van der Waals surface area contributed by atoms with Crippen LogP contribution in [0.3, 0.4) is 0 Å². The zero-order valence-corrected chi connectivity index (χ0v) is 13.4. The van der Waals surface area contributed by atoms with E-state index < -0.39 is 17.9 Å². The molecule has 0 aliphatic rings. The molecule has 6 nitrogen and oxygen atoms in total. The number of nitrogens with zero attached hydrogens (tertiary/aromatic N) is 1. The Bertz CT molecular complexity index is 686. The quantitative estimate of drug-likeness (QED) is 0.817. The average molecular weight is 328 g/mol. The smallest absolute Gasteiger partial charge is 0.319 e. The van der Waals surface area contributed by atoms with Crippen molar-refractivity contribution in [2.45, 2.75) is 13.5 Å². The van der Waals surface area contributed by atoms with Gasteiger partial charge in [0, 0.05) is 5.69 Å². The van der Waals surface area contributed by atoms with Crippen molar-refractivity contribution in [2.24, 2.45) is 11.7 Å². The Morgan fingerprint density at radius 2 is 1.75 bits per heavy atom. The summed E-state index contributed by atoms with van der Waals surface area (Å²) in [4.78, 5) is 24.0. The second-order valence-corrected chi connectivity index (χ2v) is 5.45. The summed E-state index contributed by atoms with van der Waals surface area (Å²) in [6, 6.07) is 15.8. The fourth-order valence-corrected chi connectivity index (χ4v) is 2.08. The summed E-state index contributed by atoms with van der Waals surface area (Å²) in [5.74, 6) is -0.963. The zero-order chi connectivity index (χ0) is 17.5. The maximum atomic E-state index is 11.7. The van der Waals surface area contributed by atoms with Crippen LogP contribution in [0, 0.1) is 5.92 Å². The fraction of sp³-hybridized carbons (Fsp3) is 0.222. The highest BCUT2D eigenvalue weighted by molar-refractivity contribution is 5.90. The number of ether oxygens (including phenoxy) is 1. The fourth-order valence-electron chi connectivity index (χ4n) is 2.08. The Hall–Kier alpha value is -3.02. The van der Waals surface area contributed by atoms with E-state index in [0.717, 1.165) is 5.56 Å². The van der Waals surface area contributed by atoms with Crippen LogP contribution in [-0.2, 0) is 11.3 Å². The van der Waals surface area contributed by atoms with Gasteiger partial charge in [-0.3, -0.25) is 9.69 Å². The number of carboxylic acid groups (broad SMARTS) is 1. The minimum Gasteiger partial charge on any atom is -0.493 e. The Kier molecular flexibility index (Phi) is 5.78. The van der Waals surface area contributed by atoms with Crippen LogP contribution >= 0.6 is 0 Å². The van der Waals surface area contributed by atoms with Gasteiger partial charge < -0.3 is 15.6 Å². The first-order valence-corrected chi connectivity index (χ1v) is 7.54. The van der Waals surface area contributed by atoms with Gasteiger partial charge in [-0.15, -0.1) is 0 Å². The molecular formula is C18H20N2O4. The van der Waals surface area contributed by atoms with Crippen LogP contribution in [0.2, 0.25) is 0 Å². The van der Waals surface area contributed by atoms with Crippen molar-refractivity contribution < 1.29 is 19.4 Å². The first-order chi connectivity index (χ1) is 11.5. The second kappa shape index (κ2) is 8.01. The van der Waals surface area contributed by atoms with Gasteiger partial charge in [-0.1, -0.05) is 30.3 Å². The molecule has 0 heterocycles. The molecular weight excluding hydrogens is 308 g/mol. The van der Waals surface area contributed by atoms with Crippen LogP contribution in [0.1, 0.15) is 12.5 Å².